The highest BCUT2D eigenvalue weighted by Crippen LogP contribution is 2.17. The molecule has 0 aliphatic carbocycles. The second-order valence-electron chi connectivity index (χ2n) is 4.28. The molecule has 19 heavy (non-hydrogen) atoms. The Morgan fingerprint density at radius 3 is 2.53 bits per heavy atom. The molecule has 0 aliphatic heterocycles. The summed E-state index contributed by atoms with van der Waals surface area (Å²) in [5.74, 6) is -0.570. The second kappa shape index (κ2) is 5.85. The summed E-state index contributed by atoms with van der Waals surface area (Å²) in [5, 5.41) is 3.06. The minimum atomic E-state index is -0.390. The Morgan fingerprint density at radius 2 is 1.89 bits per heavy atom. The molecular weight excluding hydrogens is 265 g/mol. The van der Waals surface area contributed by atoms with Crippen LogP contribution in [-0.4, -0.2) is 5.91 Å². The van der Waals surface area contributed by atoms with Gasteiger partial charge in [0.05, 0.1) is 0 Å². The maximum absolute atomic E-state index is 12.9. The Kier molecular flexibility index (Phi) is 4.17. The van der Waals surface area contributed by atoms with Crippen molar-refractivity contribution >= 4 is 17.5 Å². The van der Waals surface area contributed by atoms with Crippen LogP contribution in [0, 0.1) is 12.7 Å². The molecule has 0 aliphatic rings. The molecule has 2 rings (SSSR count). The Hall–Kier alpha value is -1.87. The van der Waals surface area contributed by atoms with Gasteiger partial charge in [0, 0.05) is 17.1 Å². The van der Waals surface area contributed by atoms with E-state index in [9.17, 15) is 9.18 Å². The third-order valence-electron chi connectivity index (χ3n) is 2.77. The number of nitrogens with one attached hydrogen (secondary N) is 1. The minimum absolute atomic E-state index is 0.180. The van der Waals surface area contributed by atoms with Crippen molar-refractivity contribution in [3.8, 4) is 0 Å². The normalized spacial score (nSPS) is 10.3. The fraction of sp³-hybridized carbons (Fsp3) is 0.133. The molecule has 2 aromatic carbocycles. The van der Waals surface area contributed by atoms with Gasteiger partial charge in [0.1, 0.15) is 5.82 Å². The van der Waals surface area contributed by atoms with Crippen LogP contribution in [-0.2, 0) is 6.54 Å². The van der Waals surface area contributed by atoms with Crippen LogP contribution in [0.3, 0.4) is 0 Å². The van der Waals surface area contributed by atoms with Crippen LogP contribution in [0.4, 0.5) is 4.39 Å². The molecule has 0 saturated carbocycles. The number of amides is 1. The van der Waals surface area contributed by atoms with Crippen LogP contribution in [0.25, 0.3) is 0 Å². The largest absolute Gasteiger partial charge is 0.348 e. The van der Waals surface area contributed by atoms with Gasteiger partial charge in [0.15, 0.2) is 0 Å². The van der Waals surface area contributed by atoms with Crippen molar-refractivity contribution in [1.82, 2.24) is 5.32 Å². The quantitative estimate of drug-likeness (QED) is 0.910. The highest BCUT2D eigenvalue weighted by Gasteiger charge is 2.07. The van der Waals surface area contributed by atoms with Crippen molar-refractivity contribution in [2.75, 3.05) is 0 Å². The first kappa shape index (κ1) is 13.6. The van der Waals surface area contributed by atoms with E-state index in [4.69, 9.17) is 11.6 Å². The van der Waals surface area contributed by atoms with Crippen molar-refractivity contribution in [3.05, 3.63) is 70.0 Å². The summed E-state index contributed by atoms with van der Waals surface area (Å²) in [4.78, 5) is 11.9. The molecule has 0 fully saturated rings. The number of halogens is 2. The van der Waals surface area contributed by atoms with Gasteiger partial charge in [0.25, 0.3) is 5.91 Å². The zero-order valence-electron chi connectivity index (χ0n) is 10.4. The minimum Gasteiger partial charge on any atom is -0.348 e. The molecule has 0 heterocycles. The Labute approximate surface area is 116 Å². The molecule has 0 spiro atoms. The predicted octanol–water partition coefficient (Wildman–Crippen LogP) is 3.72. The fourth-order valence-electron chi connectivity index (χ4n) is 1.65. The monoisotopic (exact) mass is 277 g/mol. The van der Waals surface area contributed by atoms with Gasteiger partial charge in [0.2, 0.25) is 0 Å². The topological polar surface area (TPSA) is 29.1 Å². The predicted molar refractivity (Wildman–Crippen MR) is 73.8 cm³/mol. The number of carbonyl (C=O) groups excluding carboxylic acids is 1. The average molecular weight is 278 g/mol. The van der Waals surface area contributed by atoms with Gasteiger partial charge in [-0.25, -0.2) is 4.39 Å². The SMILES string of the molecule is Cc1ccc(C(=O)NCc2ccc(F)cc2Cl)cc1. The van der Waals surface area contributed by atoms with E-state index in [1.807, 2.05) is 19.1 Å². The van der Waals surface area contributed by atoms with Crippen LogP contribution in [0.1, 0.15) is 21.5 Å². The van der Waals surface area contributed by atoms with Gasteiger partial charge in [-0.3, -0.25) is 4.79 Å². The van der Waals surface area contributed by atoms with E-state index in [-0.39, 0.29) is 12.5 Å². The van der Waals surface area contributed by atoms with Crippen LogP contribution in [0.5, 0.6) is 0 Å². The first-order valence-electron chi connectivity index (χ1n) is 5.85. The highest BCUT2D eigenvalue weighted by molar-refractivity contribution is 6.31. The molecule has 2 nitrogen and oxygen atoms in total. The smallest absolute Gasteiger partial charge is 0.251 e. The number of rotatable bonds is 3. The van der Waals surface area contributed by atoms with Crippen LogP contribution in [0.2, 0.25) is 5.02 Å². The van der Waals surface area contributed by atoms with Gasteiger partial charge in [-0.2, -0.15) is 0 Å². The molecule has 0 unspecified atom stereocenters. The zero-order valence-corrected chi connectivity index (χ0v) is 11.2. The van der Waals surface area contributed by atoms with Gasteiger partial charge in [-0.15, -0.1) is 0 Å². The van der Waals surface area contributed by atoms with E-state index >= 15 is 0 Å². The summed E-state index contributed by atoms with van der Waals surface area (Å²) >= 11 is 5.89. The van der Waals surface area contributed by atoms with Crippen molar-refractivity contribution in [3.63, 3.8) is 0 Å². The third kappa shape index (κ3) is 3.55. The summed E-state index contributed by atoms with van der Waals surface area (Å²) in [6, 6.07) is 11.4. The van der Waals surface area contributed by atoms with E-state index in [0.29, 0.717) is 16.1 Å². The van der Waals surface area contributed by atoms with Crippen LogP contribution < -0.4 is 5.32 Å². The lowest BCUT2D eigenvalue weighted by Crippen LogP contribution is -2.22. The van der Waals surface area contributed by atoms with Crippen molar-refractivity contribution in [1.29, 1.82) is 0 Å². The second-order valence-corrected chi connectivity index (χ2v) is 4.69. The summed E-state index contributed by atoms with van der Waals surface area (Å²) < 4.78 is 12.9. The van der Waals surface area contributed by atoms with Crippen molar-refractivity contribution in [2.45, 2.75) is 13.5 Å². The number of hydrogen-bond acceptors (Lipinski definition) is 1. The summed E-state index contributed by atoms with van der Waals surface area (Å²) in [6.45, 7) is 2.23. The maximum Gasteiger partial charge on any atom is 0.251 e. The molecule has 98 valence electrons. The summed E-state index contributed by atoms with van der Waals surface area (Å²) in [6.07, 6.45) is 0. The molecule has 0 saturated heterocycles. The number of hydrogen-bond donors (Lipinski definition) is 1. The van der Waals surface area contributed by atoms with Crippen LogP contribution >= 0.6 is 11.6 Å². The molecular formula is C15H13ClFNO. The first-order valence-corrected chi connectivity index (χ1v) is 6.23. The van der Waals surface area contributed by atoms with Crippen molar-refractivity contribution in [2.24, 2.45) is 0 Å². The van der Waals surface area contributed by atoms with Gasteiger partial charge < -0.3 is 5.32 Å². The number of aryl methyl sites for hydroxylation is 1. The maximum atomic E-state index is 12.9. The Balaban J connectivity index is 2.02. The standard InChI is InChI=1S/C15H13ClFNO/c1-10-2-4-11(5-3-10)15(19)18-9-12-6-7-13(17)8-14(12)16/h2-8H,9H2,1H3,(H,18,19). The van der Waals surface area contributed by atoms with E-state index in [0.717, 1.165) is 5.56 Å². The van der Waals surface area contributed by atoms with Gasteiger partial charge in [-0.1, -0.05) is 35.4 Å². The van der Waals surface area contributed by atoms with Gasteiger partial charge in [-0.05, 0) is 36.8 Å². The first-order chi connectivity index (χ1) is 9.06. The Bertz CT molecular complexity index is 596. The van der Waals surface area contributed by atoms with Gasteiger partial charge >= 0.3 is 0 Å². The molecule has 1 amide bonds. The lowest BCUT2D eigenvalue weighted by Gasteiger charge is -2.07. The van der Waals surface area contributed by atoms with Crippen LogP contribution in [0.15, 0.2) is 42.5 Å². The lowest BCUT2D eigenvalue weighted by atomic mass is 10.1. The summed E-state index contributed by atoms with van der Waals surface area (Å²) in [5.41, 5.74) is 2.37. The molecule has 4 heteroatoms. The molecule has 0 atom stereocenters. The number of carbonyl (C=O) groups is 1. The zero-order chi connectivity index (χ0) is 13.8. The molecule has 1 N–H and O–H groups in total. The van der Waals surface area contributed by atoms with E-state index in [1.165, 1.54) is 12.1 Å². The number of benzene rings is 2. The Morgan fingerprint density at radius 1 is 1.21 bits per heavy atom. The van der Waals surface area contributed by atoms with Crippen molar-refractivity contribution < 1.29 is 9.18 Å². The van der Waals surface area contributed by atoms with E-state index in [1.54, 1.807) is 18.2 Å². The van der Waals surface area contributed by atoms with E-state index < -0.39 is 5.82 Å². The molecule has 0 bridgehead atoms. The fourth-order valence-corrected chi connectivity index (χ4v) is 1.88. The molecule has 2 aromatic rings. The van der Waals surface area contributed by atoms with E-state index in [2.05, 4.69) is 5.32 Å². The summed E-state index contributed by atoms with van der Waals surface area (Å²) in [7, 11) is 0. The highest BCUT2D eigenvalue weighted by atomic mass is 35.5. The lowest BCUT2D eigenvalue weighted by molar-refractivity contribution is 0.0951. The third-order valence-corrected chi connectivity index (χ3v) is 3.12. The molecule has 0 aromatic heterocycles. The average Bonchev–Trinajstić information content (AvgIpc) is 2.38. The molecule has 0 radical (unpaired) electrons.